The molecule has 0 spiro atoms. The van der Waals surface area contributed by atoms with Crippen molar-refractivity contribution in [3.8, 4) is 0 Å². The van der Waals surface area contributed by atoms with Gasteiger partial charge in [-0.3, -0.25) is 6.08 Å². The van der Waals surface area contributed by atoms with Gasteiger partial charge in [-0.1, -0.05) is 19.8 Å². The maximum absolute atomic E-state index is 3.26. The molecule has 0 saturated heterocycles. The first-order valence-electron chi connectivity index (χ1n) is 3.08. The summed E-state index contributed by atoms with van der Waals surface area (Å²) in [6.07, 6.45) is 8.59. The number of allylic oxidation sites excluding steroid dienone is 4. The fourth-order valence-corrected chi connectivity index (χ4v) is 0.818. The Bertz CT molecular complexity index is 132. The van der Waals surface area contributed by atoms with Gasteiger partial charge in [0, 0.05) is 35.6 Å². The molecule has 1 aliphatic carbocycles. The molecular formula is C8H11La-. The molecule has 0 fully saturated rings. The van der Waals surface area contributed by atoms with Gasteiger partial charge < -0.3 is 0 Å². The minimum atomic E-state index is 0. The second-order valence-electron chi connectivity index (χ2n) is 2.39. The van der Waals surface area contributed by atoms with E-state index in [1.54, 1.807) is 0 Å². The van der Waals surface area contributed by atoms with Crippen LogP contribution in [0.25, 0.3) is 0 Å². The monoisotopic (exact) mass is 246 g/mol. The Labute approximate surface area is 85.0 Å². The van der Waals surface area contributed by atoms with Crippen LogP contribution in [0.3, 0.4) is 0 Å². The van der Waals surface area contributed by atoms with Crippen molar-refractivity contribution in [2.45, 2.75) is 20.3 Å². The van der Waals surface area contributed by atoms with Gasteiger partial charge in [0.1, 0.15) is 0 Å². The molecule has 0 N–H and O–H groups in total. The molecule has 0 aliphatic heterocycles. The summed E-state index contributed by atoms with van der Waals surface area (Å²) in [6, 6.07) is 0. The third kappa shape index (κ3) is 2.84. The van der Waals surface area contributed by atoms with Crippen LogP contribution in [0, 0.1) is 47.6 Å². The largest absolute Gasteiger partial charge is 0.269 e. The van der Waals surface area contributed by atoms with E-state index in [0.29, 0.717) is 5.92 Å². The predicted molar refractivity (Wildman–Crippen MR) is 35.4 cm³/mol. The molecule has 0 saturated carbocycles. The average molecular weight is 246 g/mol. The Balaban J connectivity index is 0.000000640. The zero-order valence-electron chi connectivity index (χ0n) is 6.02. The summed E-state index contributed by atoms with van der Waals surface area (Å²) in [5, 5.41) is 0. The second kappa shape index (κ2) is 4.48. The number of hydrogen-bond acceptors (Lipinski definition) is 0. The van der Waals surface area contributed by atoms with E-state index in [2.05, 4.69) is 32.1 Å². The standard InChI is InChI=1S/C8H11.La/c1-7(2)8-5-3-4-6-8;/h3,5,7H,4H2,1-2H3;/q-1;. The van der Waals surface area contributed by atoms with E-state index in [1.807, 2.05) is 0 Å². The van der Waals surface area contributed by atoms with Gasteiger partial charge >= 0.3 is 0 Å². The van der Waals surface area contributed by atoms with Crippen molar-refractivity contribution in [1.29, 1.82) is 0 Å². The topological polar surface area (TPSA) is 0 Å². The molecular weight excluding hydrogens is 235 g/mol. The first-order chi connectivity index (χ1) is 3.80. The summed E-state index contributed by atoms with van der Waals surface area (Å²) in [6.45, 7) is 4.38. The SMILES string of the molecule is CC(C)C1=[C-]CC=C1.[La]. The quantitative estimate of drug-likeness (QED) is 0.623. The molecule has 0 nitrogen and oxygen atoms in total. The van der Waals surface area contributed by atoms with Gasteiger partial charge in [-0.2, -0.15) is 6.08 Å². The number of hydrogen-bond donors (Lipinski definition) is 0. The molecule has 1 heteroatoms. The van der Waals surface area contributed by atoms with E-state index in [-0.39, 0.29) is 35.6 Å². The van der Waals surface area contributed by atoms with Crippen molar-refractivity contribution < 1.29 is 35.6 Å². The molecule has 0 amide bonds. The molecule has 0 bridgehead atoms. The van der Waals surface area contributed by atoms with Crippen LogP contribution >= 0.6 is 0 Å². The van der Waals surface area contributed by atoms with Gasteiger partial charge in [0.05, 0.1) is 0 Å². The van der Waals surface area contributed by atoms with Gasteiger partial charge in [0.15, 0.2) is 0 Å². The summed E-state index contributed by atoms with van der Waals surface area (Å²) in [7, 11) is 0. The van der Waals surface area contributed by atoms with Crippen molar-refractivity contribution >= 4 is 0 Å². The van der Waals surface area contributed by atoms with E-state index in [0.717, 1.165) is 6.42 Å². The predicted octanol–water partition coefficient (Wildman–Crippen LogP) is 2.33. The third-order valence-corrected chi connectivity index (χ3v) is 1.34. The van der Waals surface area contributed by atoms with Gasteiger partial charge in [0.2, 0.25) is 0 Å². The molecule has 0 aromatic rings. The van der Waals surface area contributed by atoms with E-state index in [4.69, 9.17) is 0 Å². The summed E-state index contributed by atoms with van der Waals surface area (Å²) in [5.41, 5.74) is 1.37. The van der Waals surface area contributed by atoms with Crippen LogP contribution in [0.15, 0.2) is 17.7 Å². The molecule has 0 atom stereocenters. The summed E-state index contributed by atoms with van der Waals surface area (Å²) in [5.74, 6) is 0.661. The van der Waals surface area contributed by atoms with Gasteiger partial charge in [-0.25, -0.2) is 11.6 Å². The zero-order valence-corrected chi connectivity index (χ0v) is 9.64. The fraction of sp³-hybridized carbons (Fsp3) is 0.500. The fourth-order valence-electron chi connectivity index (χ4n) is 0.818. The molecule has 0 aromatic heterocycles. The summed E-state index contributed by atoms with van der Waals surface area (Å²) in [4.78, 5) is 0. The van der Waals surface area contributed by atoms with E-state index >= 15 is 0 Å². The Morgan fingerprint density at radius 2 is 2.22 bits per heavy atom. The smallest absolute Gasteiger partial charge is 0 e. The maximum atomic E-state index is 3.26. The first kappa shape index (κ1) is 9.67. The molecule has 47 valence electrons. The van der Waals surface area contributed by atoms with Crippen LogP contribution in [-0.4, -0.2) is 0 Å². The van der Waals surface area contributed by atoms with Crippen molar-refractivity contribution in [3.63, 3.8) is 0 Å². The van der Waals surface area contributed by atoms with Crippen molar-refractivity contribution in [1.82, 2.24) is 0 Å². The summed E-state index contributed by atoms with van der Waals surface area (Å²) >= 11 is 0. The second-order valence-corrected chi connectivity index (χ2v) is 2.39. The van der Waals surface area contributed by atoms with Crippen LogP contribution in [0.4, 0.5) is 0 Å². The molecule has 1 aliphatic rings. The maximum Gasteiger partial charge on any atom is 0 e. The molecule has 0 heterocycles. The Kier molecular flexibility index (Phi) is 4.82. The van der Waals surface area contributed by atoms with Crippen LogP contribution in [0.2, 0.25) is 0 Å². The third-order valence-electron chi connectivity index (χ3n) is 1.34. The van der Waals surface area contributed by atoms with E-state index < -0.39 is 0 Å². The van der Waals surface area contributed by atoms with Crippen molar-refractivity contribution in [2.24, 2.45) is 5.92 Å². The van der Waals surface area contributed by atoms with Crippen LogP contribution in [-0.2, 0) is 0 Å². The Morgan fingerprint density at radius 1 is 1.56 bits per heavy atom. The van der Waals surface area contributed by atoms with Crippen molar-refractivity contribution in [3.05, 3.63) is 23.8 Å². The molecule has 1 radical (unpaired) electrons. The van der Waals surface area contributed by atoms with Crippen LogP contribution in [0.1, 0.15) is 20.3 Å². The van der Waals surface area contributed by atoms with Crippen LogP contribution in [0.5, 0.6) is 0 Å². The average Bonchev–Trinajstić information content (AvgIpc) is 2.12. The first-order valence-corrected chi connectivity index (χ1v) is 3.08. The molecule has 9 heavy (non-hydrogen) atoms. The number of rotatable bonds is 1. The van der Waals surface area contributed by atoms with Crippen molar-refractivity contribution in [2.75, 3.05) is 0 Å². The zero-order chi connectivity index (χ0) is 5.98. The Morgan fingerprint density at radius 3 is 2.44 bits per heavy atom. The van der Waals surface area contributed by atoms with E-state index in [9.17, 15) is 0 Å². The normalized spacial score (nSPS) is 15.7. The van der Waals surface area contributed by atoms with Gasteiger partial charge in [-0.15, -0.1) is 6.42 Å². The molecule has 0 unspecified atom stereocenters. The Hall–Kier alpha value is 0.675. The minimum Gasteiger partial charge on any atom is -0.269 e. The van der Waals surface area contributed by atoms with Gasteiger partial charge in [0.25, 0.3) is 0 Å². The van der Waals surface area contributed by atoms with E-state index in [1.165, 1.54) is 5.57 Å². The van der Waals surface area contributed by atoms with Crippen LogP contribution < -0.4 is 0 Å². The summed E-state index contributed by atoms with van der Waals surface area (Å²) < 4.78 is 0. The molecule has 0 aromatic carbocycles. The minimum absolute atomic E-state index is 0. The van der Waals surface area contributed by atoms with Gasteiger partial charge in [-0.05, 0) is 0 Å². The molecule has 1 rings (SSSR count).